The normalized spacial score (nSPS) is 17.6. The number of aliphatic hydroxyl groups excluding tert-OH is 2. The molecular formula is C6H9NO2. The molecule has 2 N–H and O–H groups in total. The first-order valence-electron chi connectivity index (χ1n) is 2.81. The van der Waals surface area contributed by atoms with Crippen LogP contribution in [0.15, 0.2) is 16.6 Å². The van der Waals surface area contributed by atoms with Gasteiger partial charge in [-0.1, -0.05) is 0 Å². The maximum absolute atomic E-state index is 8.56. The van der Waals surface area contributed by atoms with Gasteiger partial charge in [-0.3, -0.25) is 4.99 Å². The lowest BCUT2D eigenvalue weighted by Gasteiger charge is -1.87. The predicted octanol–water partition coefficient (Wildman–Crippen LogP) is -0.648. The van der Waals surface area contributed by atoms with E-state index in [1.54, 1.807) is 6.08 Å². The molecule has 0 bridgehead atoms. The summed E-state index contributed by atoms with van der Waals surface area (Å²) in [5.74, 6) is 0. The SMILES string of the molecule is OCC1=CC(CO)=NC1. The number of aliphatic hydroxyl groups is 2. The first-order chi connectivity index (χ1) is 4.36. The Morgan fingerprint density at radius 3 is 2.56 bits per heavy atom. The van der Waals surface area contributed by atoms with Gasteiger partial charge in [-0.2, -0.15) is 0 Å². The molecule has 0 atom stereocenters. The van der Waals surface area contributed by atoms with Crippen LogP contribution < -0.4 is 0 Å². The Balaban J connectivity index is 2.52. The largest absolute Gasteiger partial charge is 0.392 e. The summed E-state index contributed by atoms with van der Waals surface area (Å²) in [6.45, 7) is 0.572. The lowest BCUT2D eigenvalue weighted by Crippen LogP contribution is -1.96. The van der Waals surface area contributed by atoms with E-state index in [-0.39, 0.29) is 13.2 Å². The van der Waals surface area contributed by atoms with Crippen molar-refractivity contribution in [1.82, 2.24) is 0 Å². The van der Waals surface area contributed by atoms with Crippen LogP contribution in [-0.2, 0) is 0 Å². The highest BCUT2D eigenvalue weighted by molar-refractivity contribution is 5.98. The molecule has 50 valence electrons. The van der Waals surface area contributed by atoms with E-state index in [4.69, 9.17) is 10.2 Å². The summed E-state index contributed by atoms with van der Waals surface area (Å²) < 4.78 is 0. The highest BCUT2D eigenvalue weighted by Crippen LogP contribution is 2.02. The zero-order valence-electron chi connectivity index (χ0n) is 5.04. The van der Waals surface area contributed by atoms with Crippen LogP contribution in [0.1, 0.15) is 0 Å². The third kappa shape index (κ3) is 1.37. The molecule has 3 heteroatoms. The number of rotatable bonds is 2. The molecule has 0 radical (unpaired) electrons. The Morgan fingerprint density at radius 1 is 1.44 bits per heavy atom. The second kappa shape index (κ2) is 2.75. The highest BCUT2D eigenvalue weighted by atomic mass is 16.3. The predicted molar refractivity (Wildman–Crippen MR) is 34.6 cm³/mol. The Morgan fingerprint density at radius 2 is 2.22 bits per heavy atom. The topological polar surface area (TPSA) is 52.8 Å². The van der Waals surface area contributed by atoms with Gasteiger partial charge in [-0.05, 0) is 11.6 Å². The number of hydrogen-bond acceptors (Lipinski definition) is 3. The van der Waals surface area contributed by atoms with Gasteiger partial charge in [0.25, 0.3) is 0 Å². The molecule has 0 amide bonds. The minimum absolute atomic E-state index is 0.0243. The smallest absolute Gasteiger partial charge is 0.0848 e. The fraction of sp³-hybridized carbons (Fsp3) is 0.500. The molecule has 0 aromatic rings. The minimum atomic E-state index is -0.0243. The van der Waals surface area contributed by atoms with Crippen molar-refractivity contribution in [1.29, 1.82) is 0 Å². The minimum Gasteiger partial charge on any atom is -0.392 e. The third-order valence-electron chi connectivity index (χ3n) is 1.22. The summed E-state index contributed by atoms with van der Waals surface area (Å²) in [6.07, 6.45) is 1.72. The molecule has 1 aliphatic rings. The van der Waals surface area contributed by atoms with Crippen molar-refractivity contribution in [2.75, 3.05) is 19.8 Å². The number of hydrogen-bond donors (Lipinski definition) is 2. The van der Waals surface area contributed by atoms with E-state index in [0.717, 1.165) is 5.57 Å². The van der Waals surface area contributed by atoms with Crippen molar-refractivity contribution < 1.29 is 10.2 Å². The first kappa shape index (κ1) is 6.45. The van der Waals surface area contributed by atoms with Crippen molar-refractivity contribution in [3.8, 4) is 0 Å². The molecule has 0 saturated carbocycles. The fourth-order valence-corrected chi connectivity index (χ4v) is 0.721. The van der Waals surface area contributed by atoms with Crippen LogP contribution >= 0.6 is 0 Å². The van der Waals surface area contributed by atoms with Crippen molar-refractivity contribution in [2.45, 2.75) is 0 Å². The fourth-order valence-electron chi connectivity index (χ4n) is 0.721. The second-order valence-electron chi connectivity index (χ2n) is 1.93. The van der Waals surface area contributed by atoms with Gasteiger partial charge in [0.05, 0.1) is 25.5 Å². The third-order valence-corrected chi connectivity index (χ3v) is 1.22. The van der Waals surface area contributed by atoms with Gasteiger partial charge in [-0.25, -0.2) is 0 Å². The Hall–Kier alpha value is -0.670. The molecule has 0 saturated heterocycles. The zero-order chi connectivity index (χ0) is 6.69. The Kier molecular flexibility index (Phi) is 1.97. The lowest BCUT2D eigenvalue weighted by atomic mass is 10.2. The van der Waals surface area contributed by atoms with Crippen LogP contribution in [0.5, 0.6) is 0 Å². The molecule has 0 aromatic carbocycles. The summed E-state index contributed by atoms with van der Waals surface area (Å²) in [6, 6.07) is 0. The molecule has 9 heavy (non-hydrogen) atoms. The van der Waals surface area contributed by atoms with E-state index in [9.17, 15) is 0 Å². The summed E-state index contributed by atoms with van der Waals surface area (Å²) in [5.41, 5.74) is 1.54. The van der Waals surface area contributed by atoms with E-state index in [0.29, 0.717) is 12.3 Å². The van der Waals surface area contributed by atoms with E-state index in [2.05, 4.69) is 4.99 Å². The standard InChI is InChI=1S/C6H9NO2/c8-3-5-1-6(4-9)7-2-5/h1,8-9H,2-4H2. The van der Waals surface area contributed by atoms with Crippen LogP contribution in [0.25, 0.3) is 0 Å². The van der Waals surface area contributed by atoms with E-state index in [1.165, 1.54) is 0 Å². The van der Waals surface area contributed by atoms with Crippen LogP contribution in [0.4, 0.5) is 0 Å². The Labute approximate surface area is 53.4 Å². The molecule has 0 unspecified atom stereocenters. The lowest BCUT2D eigenvalue weighted by molar-refractivity contribution is 0.330. The average molecular weight is 127 g/mol. The molecule has 0 spiro atoms. The van der Waals surface area contributed by atoms with Gasteiger partial charge in [0, 0.05) is 0 Å². The zero-order valence-corrected chi connectivity index (χ0v) is 5.04. The van der Waals surface area contributed by atoms with E-state index < -0.39 is 0 Å². The van der Waals surface area contributed by atoms with Crippen molar-refractivity contribution in [3.63, 3.8) is 0 Å². The van der Waals surface area contributed by atoms with E-state index in [1.807, 2.05) is 0 Å². The molecule has 0 aliphatic carbocycles. The van der Waals surface area contributed by atoms with Crippen LogP contribution in [0.2, 0.25) is 0 Å². The molecule has 1 heterocycles. The summed E-state index contributed by atoms with van der Waals surface area (Å²) in [5, 5.41) is 17.1. The summed E-state index contributed by atoms with van der Waals surface area (Å²) in [7, 11) is 0. The van der Waals surface area contributed by atoms with Crippen molar-refractivity contribution in [3.05, 3.63) is 11.6 Å². The van der Waals surface area contributed by atoms with Gasteiger partial charge < -0.3 is 10.2 Å². The summed E-state index contributed by atoms with van der Waals surface area (Å²) >= 11 is 0. The quantitative estimate of drug-likeness (QED) is 0.518. The second-order valence-corrected chi connectivity index (χ2v) is 1.93. The monoisotopic (exact) mass is 127 g/mol. The molecule has 1 aliphatic heterocycles. The molecule has 3 nitrogen and oxygen atoms in total. The molecule has 0 aromatic heterocycles. The maximum atomic E-state index is 8.56. The van der Waals surface area contributed by atoms with Crippen LogP contribution in [-0.4, -0.2) is 35.7 Å². The number of aliphatic imine (C=N–C) groups is 1. The van der Waals surface area contributed by atoms with Crippen LogP contribution in [0, 0.1) is 0 Å². The summed E-state index contributed by atoms with van der Waals surface area (Å²) in [4.78, 5) is 3.92. The van der Waals surface area contributed by atoms with Gasteiger partial charge in [0.15, 0.2) is 0 Å². The molecule has 1 rings (SSSR count). The van der Waals surface area contributed by atoms with Crippen molar-refractivity contribution in [2.24, 2.45) is 4.99 Å². The van der Waals surface area contributed by atoms with Gasteiger partial charge in [-0.15, -0.1) is 0 Å². The van der Waals surface area contributed by atoms with E-state index >= 15 is 0 Å². The average Bonchev–Trinajstić information content (AvgIpc) is 2.34. The Bertz CT molecular complexity index is 160. The number of nitrogens with zero attached hydrogens (tertiary/aromatic N) is 1. The van der Waals surface area contributed by atoms with Gasteiger partial charge in [0.2, 0.25) is 0 Å². The maximum Gasteiger partial charge on any atom is 0.0848 e. The van der Waals surface area contributed by atoms with Crippen LogP contribution in [0.3, 0.4) is 0 Å². The molecule has 0 fully saturated rings. The highest BCUT2D eigenvalue weighted by Gasteiger charge is 2.04. The first-order valence-corrected chi connectivity index (χ1v) is 2.81. The van der Waals surface area contributed by atoms with Crippen molar-refractivity contribution >= 4 is 5.71 Å². The molecular weight excluding hydrogens is 118 g/mol. The van der Waals surface area contributed by atoms with Gasteiger partial charge >= 0.3 is 0 Å². The van der Waals surface area contributed by atoms with Gasteiger partial charge in [0.1, 0.15) is 0 Å².